The van der Waals surface area contributed by atoms with Crippen LogP contribution in [0.15, 0.2) is 35.2 Å². The Morgan fingerprint density at radius 1 is 1.20 bits per heavy atom. The van der Waals surface area contributed by atoms with Crippen LogP contribution in [-0.4, -0.2) is 37.9 Å². The van der Waals surface area contributed by atoms with Crippen molar-refractivity contribution in [2.45, 2.75) is 31.6 Å². The molecule has 0 unspecified atom stereocenters. The third-order valence-electron chi connectivity index (χ3n) is 4.56. The summed E-state index contributed by atoms with van der Waals surface area (Å²) in [6.45, 7) is 6.97. The molecule has 5 nitrogen and oxygen atoms in total. The molecule has 25 heavy (non-hydrogen) atoms. The van der Waals surface area contributed by atoms with E-state index in [0.29, 0.717) is 16.4 Å². The lowest BCUT2D eigenvalue weighted by molar-refractivity contribution is 0.303. The standard InChI is InChI=1S/C18H22ClN3O2S/c1-3-22-10-8-14-12-18(13(2)20-17(14)9-11-22)21-25(23,24)16-6-4-15(19)5-7-16/h4-7,12,21H,3,8-11H2,1-2H3. The zero-order valence-corrected chi connectivity index (χ0v) is 16.0. The predicted octanol–water partition coefficient (Wildman–Crippen LogP) is 3.26. The molecule has 0 bridgehead atoms. The van der Waals surface area contributed by atoms with Crippen molar-refractivity contribution in [3.8, 4) is 0 Å². The van der Waals surface area contributed by atoms with Gasteiger partial charge in [-0.25, -0.2) is 8.42 Å². The van der Waals surface area contributed by atoms with E-state index in [1.165, 1.54) is 12.1 Å². The van der Waals surface area contributed by atoms with E-state index < -0.39 is 10.0 Å². The summed E-state index contributed by atoms with van der Waals surface area (Å²) in [4.78, 5) is 7.23. The Balaban J connectivity index is 1.88. The average Bonchev–Trinajstić information content (AvgIpc) is 2.77. The summed E-state index contributed by atoms with van der Waals surface area (Å²) < 4.78 is 27.9. The highest BCUT2D eigenvalue weighted by Crippen LogP contribution is 2.24. The normalized spacial score (nSPS) is 15.5. The zero-order chi connectivity index (χ0) is 18.0. The van der Waals surface area contributed by atoms with Crippen LogP contribution in [0.2, 0.25) is 5.02 Å². The number of nitrogens with one attached hydrogen (secondary N) is 1. The number of sulfonamides is 1. The summed E-state index contributed by atoms with van der Waals surface area (Å²) in [6, 6.07) is 8.06. The lowest BCUT2D eigenvalue weighted by atomic mass is 10.1. The van der Waals surface area contributed by atoms with Gasteiger partial charge in [0.25, 0.3) is 10.0 Å². The molecule has 1 N–H and O–H groups in total. The highest BCUT2D eigenvalue weighted by molar-refractivity contribution is 7.92. The number of pyridine rings is 1. The maximum absolute atomic E-state index is 12.6. The van der Waals surface area contributed by atoms with Crippen LogP contribution in [0.4, 0.5) is 5.69 Å². The largest absolute Gasteiger partial charge is 0.303 e. The van der Waals surface area contributed by atoms with E-state index in [1.807, 2.05) is 13.0 Å². The molecule has 2 heterocycles. The van der Waals surface area contributed by atoms with Crippen molar-refractivity contribution in [2.75, 3.05) is 24.4 Å². The van der Waals surface area contributed by atoms with Crippen LogP contribution in [-0.2, 0) is 22.9 Å². The highest BCUT2D eigenvalue weighted by atomic mass is 35.5. The number of fused-ring (bicyclic) bond motifs is 1. The first-order valence-corrected chi connectivity index (χ1v) is 10.3. The number of aromatic nitrogens is 1. The number of likely N-dealkylation sites (N-methyl/N-ethyl adjacent to an activating group) is 1. The van der Waals surface area contributed by atoms with Crippen LogP contribution >= 0.6 is 11.6 Å². The first-order chi connectivity index (χ1) is 11.9. The van der Waals surface area contributed by atoms with Crippen molar-refractivity contribution in [2.24, 2.45) is 0 Å². The fourth-order valence-electron chi connectivity index (χ4n) is 3.02. The zero-order valence-electron chi connectivity index (χ0n) is 14.4. The third-order valence-corrected chi connectivity index (χ3v) is 6.19. The van der Waals surface area contributed by atoms with Crippen LogP contribution in [0.25, 0.3) is 0 Å². The molecule has 3 rings (SSSR count). The van der Waals surface area contributed by atoms with E-state index in [1.54, 1.807) is 12.1 Å². The summed E-state index contributed by atoms with van der Waals surface area (Å²) in [5, 5.41) is 0.502. The maximum Gasteiger partial charge on any atom is 0.261 e. The van der Waals surface area contributed by atoms with Gasteiger partial charge in [0.2, 0.25) is 0 Å². The number of aryl methyl sites for hydroxylation is 1. The SMILES string of the molecule is CCN1CCc2cc(NS(=O)(=O)c3ccc(Cl)cc3)c(C)nc2CC1. The van der Waals surface area contributed by atoms with Gasteiger partial charge in [-0.15, -0.1) is 0 Å². The predicted molar refractivity (Wildman–Crippen MR) is 101 cm³/mol. The van der Waals surface area contributed by atoms with Crippen molar-refractivity contribution < 1.29 is 8.42 Å². The molecule has 1 aliphatic heterocycles. The van der Waals surface area contributed by atoms with Gasteiger partial charge >= 0.3 is 0 Å². The van der Waals surface area contributed by atoms with E-state index in [0.717, 1.165) is 43.7 Å². The molecule has 0 aliphatic carbocycles. The van der Waals surface area contributed by atoms with Crippen molar-refractivity contribution in [3.63, 3.8) is 0 Å². The maximum atomic E-state index is 12.6. The lowest BCUT2D eigenvalue weighted by Crippen LogP contribution is -2.25. The summed E-state index contributed by atoms with van der Waals surface area (Å²) in [6.07, 6.45) is 1.78. The fraction of sp³-hybridized carbons (Fsp3) is 0.389. The molecule has 2 aromatic rings. The van der Waals surface area contributed by atoms with Gasteiger partial charge in [-0.3, -0.25) is 9.71 Å². The molecule has 1 aromatic carbocycles. The first kappa shape index (κ1) is 18.2. The van der Waals surface area contributed by atoms with Crippen molar-refractivity contribution in [1.29, 1.82) is 0 Å². The van der Waals surface area contributed by atoms with Crippen molar-refractivity contribution >= 4 is 27.3 Å². The third kappa shape index (κ3) is 4.14. The van der Waals surface area contributed by atoms with Crippen molar-refractivity contribution in [1.82, 2.24) is 9.88 Å². The van der Waals surface area contributed by atoms with Gasteiger partial charge in [0.1, 0.15) is 0 Å². The van der Waals surface area contributed by atoms with Gasteiger partial charge < -0.3 is 4.90 Å². The van der Waals surface area contributed by atoms with E-state index in [2.05, 4.69) is 21.5 Å². The summed E-state index contributed by atoms with van der Waals surface area (Å²) in [5.74, 6) is 0. The number of halogens is 1. The first-order valence-electron chi connectivity index (χ1n) is 8.39. The van der Waals surface area contributed by atoms with E-state index in [-0.39, 0.29) is 4.90 Å². The Bertz CT molecular complexity index is 867. The molecule has 0 fully saturated rings. The van der Waals surface area contributed by atoms with Crippen LogP contribution in [0, 0.1) is 6.92 Å². The number of anilines is 1. The molecule has 1 aromatic heterocycles. The second-order valence-corrected chi connectivity index (χ2v) is 8.34. The fourth-order valence-corrected chi connectivity index (χ4v) is 4.26. The molecule has 1 aliphatic rings. The van der Waals surface area contributed by atoms with Crippen LogP contribution in [0.5, 0.6) is 0 Å². The van der Waals surface area contributed by atoms with Crippen LogP contribution in [0.1, 0.15) is 23.9 Å². The second-order valence-electron chi connectivity index (χ2n) is 6.22. The highest BCUT2D eigenvalue weighted by Gasteiger charge is 2.19. The summed E-state index contributed by atoms with van der Waals surface area (Å²) in [7, 11) is -3.66. The van der Waals surface area contributed by atoms with Crippen molar-refractivity contribution in [3.05, 3.63) is 52.3 Å². The minimum atomic E-state index is -3.66. The Morgan fingerprint density at radius 2 is 1.88 bits per heavy atom. The minimum Gasteiger partial charge on any atom is -0.303 e. The van der Waals surface area contributed by atoms with Gasteiger partial charge in [0.05, 0.1) is 16.3 Å². The van der Waals surface area contributed by atoms with Gasteiger partial charge in [0.15, 0.2) is 0 Å². The number of hydrogen-bond donors (Lipinski definition) is 1. The molecule has 0 radical (unpaired) electrons. The van der Waals surface area contributed by atoms with Crippen LogP contribution in [0.3, 0.4) is 0 Å². The Labute approximate surface area is 154 Å². The number of rotatable bonds is 4. The smallest absolute Gasteiger partial charge is 0.261 e. The molecule has 0 spiro atoms. The van der Waals surface area contributed by atoms with E-state index in [4.69, 9.17) is 11.6 Å². The number of hydrogen-bond acceptors (Lipinski definition) is 4. The average molecular weight is 380 g/mol. The molecule has 134 valence electrons. The summed E-state index contributed by atoms with van der Waals surface area (Å²) in [5.41, 5.74) is 3.43. The Kier molecular flexibility index (Phi) is 5.32. The summed E-state index contributed by atoms with van der Waals surface area (Å²) >= 11 is 5.84. The molecule has 0 saturated carbocycles. The number of benzene rings is 1. The van der Waals surface area contributed by atoms with E-state index in [9.17, 15) is 8.42 Å². The van der Waals surface area contributed by atoms with Crippen LogP contribution < -0.4 is 4.72 Å². The quantitative estimate of drug-likeness (QED) is 0.885. The second kappa shape index (κ2) is 7.32. The van der Waals surface area contributed by atoms with Gasteiger partial charge in [0, 0.05) is 30.2 Å². The Hall–Kier alpha value is -1.63. The molecule has 0 atom stereocenters. The lowest BCUT2D eigenvalue weighted by Gasteiger charge is -2.16. The molecule has 0 saturated heterocycles. The number of nitrogens with zero attached hydrogens (tertiary/aromatic N) is 2. The van der Waals surface area contributed by atoms with Gasteiger partial charge in [-0.2, -0.15) is 0 Å². The Morgan fingerprint density at radius 3 is 2.56 bits per heavy atom. The molecule has 0 amide bonds. The molecular formula is C18H22ClN3O2S. The topological polar surface area (TPSA) is 62.3 Å². The molecular weight excluding hydrogens is 358 g/mol. The monoisotopic (exact) mass is 379 g/mol. The van der Waals surface area contributed by atoms with Gasteiger partial charge in [-0.1, -0.05) is 18.5 Å². The van der Waals surface area contributed by atoms with Gasteiger partial charge in [-0.05, 0) is 55.8 Å². The minimum absolute atomic E-state index is 0.184. The molecule has 7 heteroatoms. The van der Waals surface area contributed by atoms with E-state index >= 15 is 0 Å².